The van der Waals surface area contributed by atoms with Crippen LogP contribution in [-0.2, 0) is 23.8 Å². The Balaban J connectivity index is 1.51. The zero-order valence-corrected chi connectivity index (χ0v) is 19.9. The van der Waals surface area contributed by atoms with Crippen molar-refractivity contribution in [1.29, 1.82) is 0 Å². The van der Waals surface area contributed by atoms with E-state index in [0.717, 1.165) is 44.9 Å². The Morgan fingerprint density at radius 2 is 1.56 bits per heavy atom. The van der Waals surface area contributed by atoms with Crippen molar-refractivity contribution in [2.45, 2.75) is 89.5 Å². The molecule has 184 valence electrons. The Morgan fingerprint density at radius 1 is 0.906 bits per heavy atom. The molecule has 4 saturated carbocycles. The molecule has 0 aromatic rings. The molecule has 0 aromatic carbocycles. The Bertz CT molecular complexity index is 854. The summed E-state index contributed by atoms with van der Waals surface area (Å²) in [4.78, 5) is 0. The van der Waals surface area contributed by atoms with Crippen molar-refractivity contribution in [3.63, 3.8) is 0 Å². The van der Waals surface area contributed by atoms with Crippen LogP contribution < -0.4 is 0 Å². The minimum absolute atomic E-state index is 0.115. The van der Waals surface area contributed by atoms with E-state index < -0.39 is 27.5 Å². The number of ether oxygens (including phenoxy) is 2. The van der Waals surface area contributed by atoms with Gasteiger partial charge in [-0.3, -0.25) is 4.18 Å². The molecular formula is C23H35F3O5S. The molecule has 1 aliphatic heterocycles. The van der Waals surface area contributed by atoms with Gasteiger partial charge >= 0.3 is 15.6 Å². The number of rotatable bonds is 2. The number of halogens is 3. The van der Waals surface area contributed by atoms with E-state index in [2.05, 4.69) is 20.8 Å². The fraction of sp³-hybridized carbons (Fsp3) is 1.00. The van der Waals surface area contributed by atoms with Crippen molar-refractivity contribution in [3.8, 4) is 0 Å². The third kappa shape index (κ3) is 3.16. The van der Waals surface area contributed by atoms with Gasteiger partial charge in [0.05, 0.1) is 19.3 Å². The first kappa shape index (κ1) is 23.4. The SMILES string of the molecule is C[C@H]1CC[C@@]2(C)[C@H](C1)C(OS(=O)(=O)C(F)(F)F)C[C@@H]1[C@@H]2CC[C@@]2(C)[C@H]1CCC21OCCO1. The second kappa shape index (κ2) is 7.31. The average Bonchev–Trinajstić information content (AvgIpc) is 3.28. The zero-order valence-electron chi connectivity index (χ0n) is 19.1. The smallest absolute Gasteiger partial charge is 0.347 e. The third-order valence-corrected chi connectivity index (χ3v) is 11.3. The van der Waals surface area contributed by atoms with E-state index in [-0.39, 0.29) is 28.6 Å². The summed E-state index contributed by atoms with van der Waals surface area (Å²) in [6.07, 6.45) is 5.73. The molecule has 0 bridgehead atoms. The lowest BCUT2D eigenvalue weighted by molar-refractivity contribution is -0.251. The van der Waals surface area contributed by atoms with Crippen LogP contribution in [0.1, 0.15) is 72.1 Å². The highest BCUT2D eigenvalue weighted by Gasteiger charge is 2.68. The average molecular weight is 481 g/mol. The molecule has 0 N–H and O–H groups in total. The Morgan fingerprint density at radius 3 is 2.22 bits per heavy atom. The summed E-state index contributed by atoms with van der Waals surface area (Å²) in [6, 6.07) is 0. The highest BCUT2D eigenvalue weighted by atomic mass is 32.2. The minimum atomic E-state index is -5.64. The van der Waals surface area contributed by atoms with Crippen molar-refractivity contribution in [3.05, 3.63) is 0 Å². The van der Waals surface area contributed by atoms with Crippen LogP contribution in [0.4, 0.5) is 13.2 Å². The van der Waals surface area contributed by atoms with Gasteiger partial charge in [0.25, 0.3) is 0 Å². The molecule has 5 rings (SSSR count). The lowest BCUT2D eigenvalue weighted by Gasteiger charge is -2.63. The molecular weight excluding hydrogens is 445 g/mol. The van der Waals surface area contributed by atoms with Gasteiger partial charge < -0.3 is 9.47 Å². The molecule has 5 nitrogen and oxygen atoms in total. The van der Waals surface area contributed by atoms with Crippen molar-refractivity contribution >= 4 is 10.1 Å². The fourth-order valence-corrected chi connectivity index (χ4v) is 9.32. The van der Waals surface area contributed by atoms with Crippen LogP contribution in [0, 0.1) is 40.4 Å². The summed E-state index contributed by atoms with van der Waals surface area (Å²) < 4.78 is 81.2. The molecule has 4 aliphatic carbocycles. The van der Waals surface area contributed by atoms with E-state index >= 15 is 0 Å². The summed E-state index contributed by atoms with van der Waals surface area (Å²) in [5, 5.41) is 0. The molecule has 0 aromatic heterocycles. The third-order valence-electron chi connectivity index (χ3n) is 10.2. The molecule has 5 fully saturated rings. The Kier molecular flexibility index (Phi) is 5.34. The van der Waals surface area contributed by atoms with E-state index in [1.807, 2.05) is 0 Å². The molecule has 1 heterocycles. The number of alkyl halides is 3. The van der Waals surface area contributed by atoms with Gasteiger partial charge in [-0.05, 0) is 73.5 Å². The summed E-state index contributed by atoms with van der Waals surface area (Å²) in [5.41, 5.74) is -5.82. The number of fused-ring (bicyclic) bond motifs is 6. The van der Waals surface area contributed by atoms with Gasteiger partial charge in [-0.1, -0.05) is 27.2 Å². The monoisotopic (exact) mass is 480 g/mol. The van der Waals surface area contributed by atoms with E-state index in [9.17, 15) is 21.6 Å². The molecule has 9 heteroatoms. The summed E-state index contributed by atoms with van der Waals surface area (Å²) in [6.45, 7) is 7.65. The first-order valence-electron chi connectivity index (χ1n) is 12.1. The van der Waals surface area contributed by atoms with E-state index in [0.29, 0.717) is 31.5 Å². The molecule has 8 atom stereocenters. The maximum absolute atomic E-state index is 13.2. The Hall–Kier alpha value is -0.380. The summed E-state index contributed by atoms with van der Waals surface area (Å²) in [7, 11) is -5.64. The van der Waals surface area contributed by atoms with E-state index in [1.54, 1.807) is 0 Å². The largest absolute Gasteiger partial charge is 0.523 e. The van der Waals surface area contributed by atoms with Crippen LogP contribution in [0.25, 0.3) is 0 Å². The predicted octanol–water partition coefficient (Wildman–Crippen LogP) is 5.25. The van der Waals surface area contributed by atoms with Crippen molar-refractivity contribution in [1.82, 2.24) is 0 Å². The van der Waals surface area contributed by atoms with Gasteiger partial charge in [-0.25, -0.2) is 0 Å². The van der Waals surface area contributed by atoms with Crippen LogP contribution in [0.5, 0.6) is 0 Å². The molecule has 0 radical (unpaired) electrons. The van der Waals surface area contributed by atoms with Crippen molar-refractivity contribution < 1.29 is 35.2 Å². The molecule has 0 amide bonds. The maximum Gasteiger partial charge on any atom is 0.523 e. The topological polar surface area (TPSA) is 61.8 Å². The van der Waals surface area contributed by atoms with Crippen LogP contribution in [-0.4, -0.2) is 39.0 Å². The van der Waals surface area contributed by atoms with Crippen LogP contribution in [0.2, 0.25) is 0 Å². The first-order valence-corrected chi connectivity index (χ1v) is 13.5. The Labute approximate surface area is 188 Å². The van der Waals surface area contributed by atoms with Crippen LogP contribution in [0.15, 0.2) is 0 Å². The van der Waals surface area contributed by atoms with Gasteiger partial charge in [0, 0.05) is 11.8 Å². The van der Waals surface area contributed by atoms with Crippen LogP contribution in [0.3, 0.4) is 0 Å². The van der Waals surface area contributed by atoms with Gasteiger partial charge in [0.1, 0.15) is 0 Å². The molecule has 1 saturated heterocycles. The number of hydrogen-bond acceptors (Lipinski definition) is 5. The van der Waals surface area contributed by atoms with Gasteiger partial charge in [0.2, 0.25) is 0 Å². The van der Waals surface area contributed by atoms with Gasteiger partial charge in [-0.15, -0.1) is 0 Å². The van der Waals surface area contributed by atoms with E-state index in [4.69, 9.17) is 13.7 Å². The maximum atomic E-state index is 13.2. The van der Waals surface area contributed by atoms with Gasteiger partial charge in [0.15, 0.2) is 5.79 Å². The lowest BCUT2D eigenvalue weighted by atomic mass is 9.44. The fourth-order valence-electron chi connectivity index (χ4n) is 8.68. The molecule has 1 unspecified atom stereocenters. The van der Waals surface area contributed by atoms with Crippen LogP contribution >= 0.6 is 0 Å². The molecule has 5 aliphatic rings. The normalized spacial score (nSPS) is 48.3. The van der Waals surface area contributed by atoms with Crippen molar-refractivity contribution in [2.24, 2.45) is 40.4 Å². The second-order valence-corrected chi connectivity index (χ2v) is 13.1. The zero-order chi connectivity index (χ0) is 23.2. The van der Waals surface area contributed by atoms with Crippen molar-refractivity contribution in [2.75, 3.05) is 13.2 Å². The summed E-state index contributed by atoms with van der Waals surface area (Å²) >= 11 is 0. The molecule has 32 heavy (non-hydrogen) atoms. The minimum Gasteiger partial charge on any atom is -0.347 e. The highest BCUT2D eigenvalue weighted by Crippen LogP contribution is 2.70. The quantitative estimate of drug-likeness (QED) is 0.399. The highest BCUT2D eigenvalue weighted by molar-refractivity contribution is 7.87. The predicted molar refractivity (Wildman–Crippen MR) is 111 cm³/mol. The lowest BCUT2D eigenvalue weighted by Crippen LogP contribution is -2.60. The second-order valence-electron chi connectivity index (χ2n) is 11.6. The standard InChI is InChI=1S/C23H35F3O5S/c1-14-4-7-20(2)16-5-8-21(3)17(6-9-22(21)29-10-11-30-22)15(16)13-19(18(20)12-14)31-32(27,28)23(24,25)26/h14-19H,4-13H2,1-3H3/t14-,15+,16-,17-,18+,19?,20+,21-/m0/s1. The summed E-state index contributed by atoms with van der Waals surface area (Å²) in [5.74, 6) is 0.287. The van der Waals surface area contributed by atoms with Gasteiger partial charge in [-0.2, -0.15) is 21.6 Å². The number of hydrogen-bond donors (Lipinski definition) is 0. The van der Waals surface area contributed by atoms with E-state index in [1.165, 1.54) is 0 Å². The first-order chi connectivity index (χ1) is 14.8. The molecule has 1 spiro atoms.